The molecular formula is C11H24N4. The van der Waals surface area contributed by atoms with Gasteiger partial charge in [0.05, 0.1) is 0 Å². The summed E-state index contributed by atoms with van der Waals surface area (Å²) in [5.74, 6) is 0. The van der Waals surface area contributed by atoms with E-state index >= 15 is 0 Å². The van der Waals surface area contributed by atoms with Gasteiger partial charge in [0.15, 0.2) is 0 Å². The molecule has 88 valence electrons. The summed E-state index contributed by atoms with van der Waals surface area (Å²) in [6, 6.07) is 1.38. The molecule has 0 saturated carbocycles. The lowest BCUT2D eigenvalue weighted by molar-refractivity contribution is 0.112. The van der Waals surface area contributed by atoms with E-state index in [1.807, 2.05) is 0 Å². The maximum absolute atomic E-state index is 3.67. The van der Waals surface area contributed by atoms with Gasteiger partial charge in [-0.2, -0.15) is 0 Å². The first-order chi connectivity index (χ1) is 7.25. The zero-order valence-electron chi connectivity index (χ0n) is 10.00. The normalized spacial score (nSPS) is 34.8. The third kappa shape index (κ3) is 3.14. The van der Waals surface area contributed by atoms with E-state index in [4.69, 9.17) is 0 Å². The van der Waals surface area contributed by atoms with Crippen molar-refractivity contribution in [3.05, 3.63) is 0 Å². The molecule has 4 heteroatoms. The molecule has 0 amide bonds. The molecule has 0 aromatic heterocycles. The molecular weight excluding hydrogens is 188 g/mol. The summed E-state index contributed by atoms with van der Waals surface area (Å²) in [7, 11) is 4.46. The van der Waals surface area contributed by atoms with Crippen molar-refractivity contribution in [2.45, 2.75) is 18.5 Å². The Morgan fingerprint density at radius 3 is 2.93 bits per heavy atom. The van der Waals surface area contributed by atoms with Crippen LogP contribution in [0.1, 0.15) is 6.42 Å². The van der Waals surface area contributed by atoms with Crippen LogP contribution in [0.4, 0.5) is 0 Å². The largest absolute Gasteiger partial charge is 0.315 e. The molecule has 2 rings (SSSR count). The monoisotopic (exact) mass is 212 g/mol. The highest BCUT2D eigenvalue weighted by Crippen LogP contribution is 2.06. The van der Waals surface area contributed by atoms with Gasteiger partial charge in [-0.15, -0.1) is 0 Å². The van der Waals surface area contributed by atoms with Gasteiger partial charge < -0.3 is 15.5 Å². The van der Waals surface area contributed by atoms with E-state index < -0.39 is 0 Å². The Labute approximate surface area is 93.0 Å². The van der Waals surface area contributed by atoms with Crippen LogP contribution in [0, 0.1) is 0 Å². The lowest BCUT2D eigenvalue weighted by Crippen LogP contribution is -2.54. The van der Waals surface area contributed by atoms with Gasteiger partial charge >= 0.3 is 0 Å². The van der Waals surface area contributed by atoms with Crippen molar-refractivity contribution >= 4 is 0 Å². The molecule has 0 aromatic carbocycles. The number of nitrogens with one attached hydrogen (secondary N) is 2. The van der Waals surface area contributed by atoms with Crippen LogP contribution >= 0.6 is 0 Å². The highest BCUT2D eigenvalue weighted by Gasteiger charge is 2.23. The molecule has 0 aliphatic carbocycles. The highest BCUT2D eigenvalue weighted by molar-refractivity contribution is 4.84. The van der Waals surface area contributed by atoms with Gasteiger partial charge in [-0.05, 0) is 27.1 Å². The molecule has 2 N–H and O–H groups in total. The maximum Gasteiger partial charge on any atom is 0.0345 e. The Bertz CT molecular complexity index is 191. The molecule has 0 spiro atoms. The lowest BCUT2D eigenvalue weighted by Gasteiger charge is -2.38. The summed E-state index contributed by atoms with van der Waals surface area (Å²) < 4.78 is 0. The molecule has 2 atom stereocenters. The minimum absolute atomic E-state index is 0.685. The van der Waals surface area contributed by atoms with Crippen molar-refractivity contribution in [3.8, 4) is 0 Å². The van der Waals surface area contributed by atoms with E-state index in [1.54, 1.807) is 0 Å². The molecule has 2 aliphatic rings. The topological polar surface area (TPSA) is 30.5 Å². The van der Waals surface area contributed by atoms with Crippen molar-refractivity contribution in [3.63, 3.8) is 0 Å². The summed E-state index contributed by atoms with van der Waals surface area (Å²) in [4.78, 5) is 4.91. The van der Waals surface area contributed by atoms with Crippen LogP contribution in [0.5, 0.6) is 0 Å². The fourth-order valence-electron chi connectivity index (χ4n) is 2.45. The van der Waals surface area contributed by atoms with Crippen LogP contribution in [0.15, 0.2) is 0 Å². The van der Waals surface area contributed by atoms with Gasteiger partial charge in [-0.1, -0.05) is 0 Å². The second-order valence-corrected chi connectivity index (χ2v) is 4.99. The van der Waals surface area contributed by atoms with Crippen LogP contribution in [-0.4, -0.2) is 75.2 Å². The first kappa shape index (κ1) is 11.3. The van der Waals surface area contributed by atoms with Crippen LogP contribution in [0.25, 0.3) is 0 Å². The fourth-order valence-corrected chi connectivity index (χ4v) is 2.45. The Morgan fingerprint density at radius 2 is 2.20 bits per heavy atom. The van der Waals surface area contributed by atoms with Gasteiger partial charge in [0.2, 0.25) is 0 Å². The summed E-state index contributed by atoms with van der Waals surface area (Å²) in [6.07, 6.45) is 1.28. The number of hydrogen-bond acceptors (Lipinski definition) is 4. The predicted molar refractivity (Wildman–Crippen MR) is 63.2 cm³/mol. The van der Waals surface area contributed by atoms with Gasteiger partial charge in [0.1, 0.15) is 0 Å². The molecule has 0 radical (unpaired) electrons. The maximum atomic E-state index is 3.67. The van der Waals surface area contributed by atoms with Gasteiger partial charge in [0.25, 0.3) is 0 Å². The van der Waals surface area contributed by atoms with Crippen molar-refractivity contribution in [2.24, 2.45) is 0 Å². The minimum atomic E-state index is 0.685. The Hall–Kier alpha value is -0.160. The van der Waals surface area contributed by atoms with E-state index in [0.29, 0.717) is 12.1 Å². The zero-order valence-corrected chi connectivity index (χ0v) is 10.00. The van der Waals surface area contributed by atoms with Gasteiger partial charge in [-0.25, -0.2) is 0 Å². The summed E-state index contributed by atoms with van der Waals surface area (Å²) >= 11 is 0. The average Bonchev–Trinajstić information content (AvgIpc) is 2.72. The van der Waals surface area contributed by atoms with Crippen molar-refractivity contribution < 1.29 is 0 Å². The molecule has 2 fully saturated rings. The smallest absolute Gasteiger partial charge is 0.0345 e. The molecule has 0 aromatic rings. The molecule has 4 nitrogen and oxygen atoms in total. The third-order valence-corrected chi connectivity index (χ3v) is 3.68. The van der Waals surface area contributed by atoms with E-state index in [1.165, 1.54) is 32.6 Å². The summed E-state index contributed by atoms with van der Waals surface area (Å²) in [5.41, 5.74) is 0. The molecule has 15 heavy (non-hydrogen) atoms. The number of likely N-dealkylation sites (N-methyl/N-ethyl adjacent to an activating group) is 2. The molecule has 2 aliphatic heterocycles. The fraction of sp³-hybridized carbons (Fsp3) is 1.00. The molecule has 2 saturated heterocycles. The Balaban J connectivity index is 1.72. The highest BCUT2D eigenvalue weighted by atomic mass is 15.3. The van der Waals surface area contributed by atoms with E-state index in [0.717, 1.165) is 13.1 Å². The number of piperazine rings is 1. The minimum Gasteiger partial charge on any atom is -0.315 e. The third-order valence-electron chi connectivity index (χ3n) is 3.68. The summed E-state index contributed by atoms with van der Waals surface area (Å²) in [5, 5.41) is 7.06. The summed E-state index contributed by atoms with van der Waals surface area (Å²) in [6.45, 7) is 7.06. The SMILES string of the molecule is CN1CCN(C)C(CNC2CCNC2)C1. The average molecular weight is 212 g/mol. The van der Waals surface area contributed by atoms with Crippen molar-refractivity contribution in [1.82, 2.24) is 20.4 Å². The molecule has 0 bridgehead atoms. The second kappa shape index (κ2) is 5.25. The predicted octanol–water partition coefficient (Wildman–Crippen LogP) is -0.816. The zero-order chi connectivity index (χ0) is 10.7. The Morgan fingerprint density at radius 1 is 1.33 bits per heavy atom. The first-order valence-electron chi connectivity index (χ1n) is 6.08. The quantitative estimate of drug-likeness (QED) is 0.640. The van der Waals surface area contributed by atoms with Crippen LogP contribution < -0.4 is 10.6 Å². The van der Waals surface area contributed by atoms with E-state index in [2.05, 4.69) is 34.5 Å². The standard InChI is InChI=1S/C11H24N4/c1-14-5-6-15(2)11(9-14)8-13-10-3-4-12-7-10/h10-13H,3-9H2,1-2H3. The van der Waals surface area contributed by atoms with Crippen molar-refractivity contribution in [1.29, 1.82) is 0 Å². The lowest BCUT2D eigenvalue weighted by atomic mass is 10.1. The van der Waals surface area contributed by atoms with Crippen molar-refractivity contribution in [2.75, 3.05) is 53.4 Å². The number of hydrogen-bond donors (Lipinski definition) is 2. The van der Waals surface area contributed by atoms with Crippen LogP contribution in [0.3, 0.4) is 0 Å². The number of rotatable bonds is 3. The Kier molecular flexibility index (Phi) is 3.97. The van der Waals surface area contributed by atoms with Gasteiger partial charge in [0, 0.05) is 44.8 Å². The van der Waals surface area contributed by atoms with Gasteiger partial charge in [-0.3, -0.25) is 4.90 Å². The second-order valence-electron chi connectivity index (χ2n) is 4.99. The van der Waals surface area contributed by atoms with E-state index in [9.17, 15) is 0 Å². The first-order valence-corrected chi connectivity index (χ1v) is 6.08. The number of nitrogens with zero attached hydrogens (tertiary/aromatic N) is 2. The molecule has 2 unspecified atom stereocenters. The van der Waals surface area contributed by atoms with E-state index in [-0.39, 0.29) is 0 Å². The van der Waals surface area contributed by atoms with Crippen LogP contribution in [0.2, 0.25) is 0 Å². The molecule has 2 heterocycles. The van der Waals surface area contributed by atoms with Crippen LogP contribution in [-0.2, 0) is 0 Å².